The van der Waals surface area contributed by atoms with E-state index in [0.29, 0.717) is 11.6 Å². The maximum atomic E-state index is 13.4. The van der Waals surface area contributed by atoms with Gasteiger partial charge in [0.1, 0.15) is 5.82 Å². The molecule has 0 radical (unpaired) electrons. The number of hydrogen-bond acceptors (Lipinski definition) is 5. The van der Waals surface area contributed by atoms with Crippen LogP contribution in [0, 0.1) is 18.6 Å². The fraction of sp³-hybridized carbons (Fsp3) is 0.238. The predicted molar refractivity (Wildman–Crippen MR) is 107 cm³/mol. The second kappa shape index (κ2) is 7.80. The summed E-state index contributed by atoms with van der Waals surface area (Å²) in [7, 11) is 0. The molecule has 4 rings (SSSR count). The second-order valence-electron chi connectivity index (χ2n) is 6.75. The molecule has 0 bridgehead atoms. The third-order valence-corrected chi connectivity index (χ3v) is 4.74. The zero-order valence-electron chi connectivity index (χ0n) is 15.6. The Hall–Kier alpha value is -3.22. The molecule has 0 aliphatic carbocycles. The van der Waals surface area contributed by atoms with Gasteiger partial charge in [-0.2, -0.15) is 4.98 Å². The minimum atomic E-state index is -0.907. The molecule has 1 aliphatic rings. The van der Waals surface area contributed by atoms with Crippen LogP contribution in [-0.4, -0.2) is 36.1 Å². The zero-order chi connectivity index (χ0) is 19.5. The van der Waals surface area contributed by atoms with Crippen molar-refractivity contribution in [2.45, 2.75) is 6.92 Å². The van der Waals surface area contributed by atoms with Gasteiger partial charge in [0.25, 0.3) is 0 Å². The highest BCUT2D eigenvalue weighted by molar-refractivity contribution is 5.56. The summed E-state index contributed by atoms with van der Waals surface area (Å²) in [5.41, 5.74) is 2.44. The van der Waals surface area contributed by atoms with Crippen molar-refractivity contribution < 1.29 is 8.78 Å². The summed E-state index contributed by atoms with van der Waals surface area (Å²) in [5, 5.41) is 2.96. The number of hydrogen-bond donors (Lipinski definition) is 1. The van der Waals surface area contributed by atoms with Crippen molar-refractivity contribution in [2.24, 2.45) is 0 Å². The molecule has 0 unspecified atom stereocenters. The second-order valence-corrected chi connectivity index (χ2v) is 6.75. The molecule has 1 fully saturated rings. The molecule has 0 spiro atoms. The number of nitrogens with zero attached hydrogens (tertiary/aromatic N) is 4. The fourth-order valence-corrected chi connectivity index (χ4v) is 3.31. The Kier molecular flexibility index (Phi) is 5.06. The number of piperazine rings is 1. The lowest BCUT2D eigenvalue weighted by molar-refractivity contribution is 0.509. The van der Waals surface area contributed by atoms with Crippen LogP contribution in [0.2, 0.25) is 0 Å². The lowest BCUT2D eigenvalue weighted by atomic mass is 10.2. The summed E-state index contributed by atoms with van der Waals surface area (Å²) in [5.74, 6) is -0.598. The first-order chi connectivity index (χ1) is 13.6. The highest BCUT2D eigenvalue weighted by Gasteiger charge is 2.19. The smallest absolute Gasteiger partial charge is 0.229 e. The molecule has 3 aromatic rings. The van der Waals surface area contributed by atoms with Crippen LogP contribution in [-0.2, 0) is 0 Å². The van der Waals surface area contributed by atoms with Crippen molar-refractivity contribution in [1.82, 2.24) is 9.97 Å². The Labute approximate surface area is 162 Å². The fourth-order valence-electron chi connectivity index (χ4n) is 3.31. The molecule has 28 heavy (non-hydrogen) atoms. The van der Waals surface area contributed by atoms with Crippen LogP contribution < -0.4 is 15.1 Å². The highest BCUT2D eigenvalue weighted by Crippen LogP contribution is 2.22. The van der Waals surface area contributed by atoms with Gasteiger partial charge < -0.3 is 15.1 Å². The van der Waals surface area contributed by atoms with Gasteiger partial charge in [-0.05, 0) is 31.2 Å². The van der Waals surface area contributed by atoms with Gasteiger partial charge in [-0.25, -0.2) is 13.8 Å². The van der Waals surface area contributed by atoms with Crippen LogP contribution in [0.25, 0.3) is 0 Å². The molecule has 1 saturated heterocycles. The van der Waals surface area contributed by atoms with E-state index in [-0.39, 0.29) is 0 Å². The average Bonchev–Trinajstić information content (AvgIpc) is 2.71. The molecule has 0 atom stereocenters. The topological polar surface area (TPSA) is 44.3 Å². The Morgan fingerprint density at radius 3 is 2.25 bits per heavy atom. The van der Waals surface area contributed by atoms with E-state index in [4.69, 9.17) is 0 Å². The van der Waals surface area contributed by atoms with Gasteiger partial charge in [0.05, 0.1) is 0 Å². The maximum Gasteiger partial charge on any atom is 0.229 e. The Morgan fingerprint density at radius 1 is 0.821 bits per heavy atom. The maximum absolute atomic E-state index is 13.4. The van der Waals surface area contributed by atoms with E-state index >= 15 is 0 Å². The summed E-state index contributed by atoms with van der Waals surface area (Å²) in [6.45, 7) is 5.38. The van der Waals surface area contributed by atoms with Crippen LogP contribution >= 0.6 is 0 Å². The van der Waals surface area contributed by atoms with Gasteiger partial charge in [-0.1, -0.05) is 18.2 Å². The highest BCUT2D eigenvalue weighted by atomic mass is 19.2. The number of rotatable bonds is 4. The van der Waals surface area contributed by atoms with Gasteiger partial charge in [0, 0.05) is 55.4 Å². The molecule has 0 saturated carbocycles. The third kappa shape index (κ3) is 4.03. The average molecular weight is 381 g/mol. The van der Waals surface area contributed by atoms with E-state index in [1.807, 2.05) is 31.2 Å². The Balaban J connectivity index is 1.47. The lowest BCUT2D eigenvalue weighted by Crippen LogP contribution is -2.46. The third-order valence-electron chi connectivity index (χ3n) is 4.74. The summed E-state index contributed by atoms with van der Waals surface area (Å²) in [6, 6.07) is 15.9. The predicted octanol–water partition coefficient (Wildman–Crippen LogP) is 4.13. The van der Waals surface area contributed by atoms with Crippen molar-refractivity contribution in [3.63, 3.8) is 0 Å². The number of para-hydroxylation sites is 1. The van der Waals surface area contributed by atoms with Crippen molar-refractivity contribution in [1.29, 1.82) is 0 Å². The van der Waals surface area contributed by atoms with Crippen LogP contribution in [0.5, 0.6) is 0 Å². The van der Waals surface area contributed by atoms with Crippen molar-refractivity contribution >= 4 is 23.1 Å². The Bertz CT molecular complexity index is 956. The summed E-state index contributed by atoms with van der Waals surface area (Å²) in [6.07, 6.45) is 0. The van der Waals surface area contributed by atoms with Crippen LogP contribution in [0.3, 0.4) is 0 Å². The van der Waals surface area contributed by atoms with E-state index < -0.39 is 11.6 Å². The quantitative estimate of drug-likeness (QED) is 0.736. The first-order valence-corrected chi connectivity index (χ1v) is 9.21. The standard InChI is InChI=1S/C21H21F2N5/c1-15-13-20(26-21(24-15)25-16-7-8-18(22)19(23)14-16)28-11-9-27(10-12-28)17-5-3-2-4-6-17/h2-8,13-14H,9-12H2,1H3,(H,24,25,26). The molecule has 5 nitrogen and oxygen atoms in total. The van der Waals surface area contributed by atoms with E-state index in [1.165, 1.54) is 11.8 Å². The normalized spacial score (nSPS) is 14.2. The van der Waals surface area contributed by atoms with Crippen molar-refractivity contribution in [2.75, 3.05) is 41.3 Å². The molecule has 2 heterocycles. The largest absolute Gasteiger partial charge is 0.368 e. The molecular formula is C21H21F2N5. The van der Waals surface area contributed by atoms with Gasteiger partial charge in [-0.3, -0.25) is 0 Å². The van der Waals surface area contributed by atoms with Gasteiger partial charge in [0.15, 0.2) is 11.6 Å². The summed E-state index contributed by atoms with van der Waals surface area (Å²) >= 11 is 0. The van der Waals surface area contributed by atoms with Crippen molar-refractivity contribution in [3.05, 3.63) is 71.9 Å². The molecule has 7 heteroatoms. The number of nitrogens with one attached hydrogen (secondary N) is 1. The van der Waals surface area contributed by atoms with E-state index in [2.05, 4.69) is 37.2 Å². The van der Waals surface area contributed by atoms with E-state index in [9.17, 15) is 8.78 Å². The van der Waals surface area contributed by atoms with E-state index in [1.54, 1.807) is 0 Å². The molecule has 2 aromatic carbocycles. The molecule has 0 amide bonds. The van der Waals surface area contributed by atoms with Crippen LogP contribution in [0.1, 0.15) is 5.69 Å². The number of aryl methyl sites for hydroxylation is 1. The summed E-state index contributed by atoms with van der Waals surface area (Å²) < 4.78 is 26.6. The number of aromatic nitrogens is 2. The summed E-state index contributed by atoms with van der Waals surface area (Å²) in [4.78, 5) is 13.5. The zero-order valence-corrected chi connectivity index (χ0v) is 15.6. The van der Waals surface area contributed by atoms with Gasteiger partial charge >= 0.3 is 0 Å². The van der Waals surface area contributed by atoms with Gasteiger partial charge in [0.2, 0.25) is 5.95 Å². The molecule has 144 valence electrons. The SMILES string of the molecule is Cc1cc(N2CCN(c3ccccc3)CC2)nc(Nc2ccc(F)c(F)c2)n1. The monoisotopic (exact) mass is 381 g/mol. The number of anilines is 4. The number of benzene rings is 2. The molecule has 1 aromatic heterocycles. The minimum absolute atomic E-state index is 0.367. The van der Waals surface area contributed by atoms with Gasteiger partial charge in [-0.15, -0.1) is 0 Å². The first kappa shape index (κ1) is 18.2. The molecular weight excluding hydrogens is 360 g/mol. The number of halogens is 2. The molecule has 1 aliphatic heterocycles. The molecule has 1 N–H and O–H groups in total. The Morgan fingerprint density at radius 2 is 1.54 bits per heavy atom. The van der Waals surface area contributed by atoms with Crippen LogP contribution in [0.4, 0.5) is 31.9 Å². The lowest BCUT2D eigenvalue weighted by Gasteiger charge is -2.36. The van der Waals surface area contributed by atoms with Crippen LogP contribution in [0.15, 0.2) is 54.6 Å². The minimum Gasteiger partial charge on any atom is -0.368 e. The van der Waals surface area contributed by atoms with Crippen molar-refractivity contribution in [3.8, 4) is 0 Å². The van der Waals surface area contributed by atoms with E-state index in [0.717, 1.165) is 49.8 Å². The first-order valence-electron chi connectivity index (χ1n) is 9.21.